The molecule has 2 N–H and O–H groups in total. The number of anilines is 1. The lowest BCUT2D eigenvalue weighted by Crippen LogP contribution is -2.35. The molecule has 1 aliphatic heterocycles. The Morgan fingerprint density at radius 3 is 2.65 bits per heavy atom. The summed E-state index contributed by atoms with van der Waals surface area (Å²) in [6.07, 6.45) is 6.65. The van der Waals surface area contributed by atoms with Crippen LogP contribution in [0.4, 0.5) is 5.69 Å². The van der Waals surface area contributed by atoms with E-state index in [1.807, 2.05) is 6.34 Å². The van der Waals surface area contributed by atoms with E-state index in [1.54, 1.807) is 0 Å². The minimum Gasteiger partial charge on any atom is -0.331 e. The predicted molar refractivity (Wildman–Crippen MR) is 71.5 cm³/mol. The monoisotopic (exact) mass is 229 g/mol. The van der Waals surface area contributed by atoms with Crippen LogP contribution in [0.5, 0.6) is 0 Å². The van der Waals surface area contributed by atoms with Crippen LogP contribution in [0, 0.1) is 0 Å². The van der Waals surface area contributed by atoms with Gasteiger partial charge in [0.05, 0.1) is 12.9 Å². The van der Waals surface area contributed by atoms with Crippen molar-refractivity contribution in [1.29, 1.82) is 0 Å². The molecule has 0 amide bonds. The normalized spacial score (nSPS) is 22.3. The molecule has 0 bridgehead atoms. The van der Waals surface area contributed by atoms with E-state index in [2.05, 4.69) is 34.2 Å². The molecule has 1 aliphatic carbocycles. The van der Waals surface area contributed by atoms with Crippen LogP contribution in [0.15, 0.2) is 29.3 Å². The summed E-state index contributed by atoms with van der Waals surface area (Å²) >= 11 is 0. The van der Waals surface area contributed by atoms with Crippen molar-refractivity contribution in [2.24, 2.45) is 10.7 Å². The number of nitrogens with two attached hydrogens (primary N) is 1. The maximum absolute atomic E-state index is 6.58. The third-order valence-electron chi connectivity index (χ3n) is 3.94. The van der Waals surface area contributed by atoms with Crippen LogP contribution >= 0.6 is 0 Å². The van der Waals surface area contributed by atoms with E-state index in [0.717, 1.165) is 25.9 Å². The van der Waals surface area contributed by atoms with E-state index >= 15 is 0 Å². The molecular formula is C14H19N3. The van der Waals surface area contributed by atoms with Crippen molar-refractivity contribution in [1.82, 2.24) is 0 Å². The first-order valence-corrected chi connectivity index (χ1v) is 6.45. The fourth-order valence-corrected chi connectivity index (χ4v) is 2.98. The summed E-state index contributed by atoms with van der Waals surface area (Å²) in [5.74, 6) is 0. The number of benzene rings is 1. The van der Waals surface area contributed by atoms with Gasteiger partial charge in [-0.2, -0.15) is 0 Å². The van der Waals surface area contributed by atoms with Crippen LogP contribution in [-0.4, -0.2) is 19.4 Å². The van der Waals surface area contributed by atoms with E-state index in [4.69, 9.17) is 5.73 Å². The van der Waals surface area contributed by atoms with Crippen molar-refractivity contribution >= 4 is 12.0 Å². The second-order valence-corrected chi connectivity index (χ2v) is 5.10. The zero-order valence-electron chi connectivity index (χ0n) is 10.1. The third-order valence-corrected chi connectivity index (χ3v) is 3.94. The second-order valence-electron chi connectivity index (χ2n) is 5.10. The van der Waals surface area contributed by atoms with Crippen LogP contribution in [-0.2, 0) is 5.54 Å². The lowest BCUT2D eigenvalue weighted by atomic mass is 9.88. The zero-order valence-corrected chi connectivity index (χ0v) is 10.1. The van der Waals surface area contributed by atoms with Gasteiger partial charge in [0.25, 0.3) is 0 Å². The molecule has 17 heavy (non-hydrogen) atoms. The van der Waals surface area contributed by atoms with E-state index in [9.17, 15) is 0 Å². The Hall–Kier alpha value is -1.35. The molecule has 3 nitrogen and oxygen atoms in total. The van der Waals surface area contributed by atoms with Crippen LogP contribution in [0.3, 0.4) is 0 Å². The molecule has 3 rings (SSSR count). The second kappa shape index (κ2) is 4.15. The molecule has 1 saturated carbocycles. The van der Waals surface area contributed by atoms with Gasteiger partial charge in [-0.1, -0.05) is 31.0 Å². The summed E-state index contributed by atoms with van der Waals surface area (Å²) in [5, 5.41) is 0. The zero-order chi connectivity index (χ0) is 11.7. The molecule has 0 aromatic heterocycles. The van der Waals surface area contributed by atoms with Gasteiger partial charge in [-0.15, -0.1) is 0 Å². The summed E-state index contributed by atoms with van der Waals surface area (Å²) in [6.45, 7) is 1.87. The molecule has 3 heteroatoms. The molecule has 0 saturated heterocycles. The van der Waals surface area contributed by atoms with Crippen molar-refractivity contribution < 1.29 is 0 Å². The lowest BCUT2D eigenvalue weighted by Gasteiger charge is -2.29. The summed E-state index contributed by atoms with van der Waals surface area (Å²) < 4.78 is 0. The van der Waals surface area contributed by atoms with Crippen molar-refractivity contribution in [2.45, 2.75) is 31.2 Å². The molecule has 1 fully saturated rings. The first-order valence-electron chi connectivity index (χ1n) is 6.45. The highest BCUT2D eigenvalue weighted by Crippen LogP contribution is 2.40. The average molecular weight is 229 g/mol. The summed E-state index contributed by atoms with van der Waals surface area (Å²) in [6, 6.07) is 8.54. The number of nitrogens with zero attached hydrogens (tertiary/aromatic N) is 2. The van der Waals surface area contributed by atoms with Gasteiger partial charge in [0, 0.05) is 17.8 Å². The number of rotatable bonds is 2. The van der Waals surface area contributed by atoms with Gasteiger partial charge in [-0.3, -0.25) is 4.99 Å². The molecule has 0 atom stereocenters. The number of hydrogen-bond donors (Lipinski definition) is 1. The Morgan fingerprint density at radius 2 is 1.94 bits per heavy atom. The maximum Gasteiger partial charge on any atom is 0.0895 e. The maximum atomic E-state index is 6.58. The van der Waals surface area contributed by atoms with Crippen molar-refractivity contribution in [3.63, 3.8) is 0 Å². The Morgan fingerprint density at radius 1 is 1.18 bits per heavy atom. The topological polar surface area (TPSA) is 41.6 Å². The fraction of sp³-hybridized carbons (Fsp3) is 0.500. The van der Waals surface area contributed by atoms with Crippen LogP contribution in [0.2, 0.25) is 0 Å². The standard InChI is InChI=1S/C14H19N3/c15-14(7-3-4-8-14)12-5-1-2-6-13(12)17-10-9-16-11-17/h1-2,5-6,11H,3-4,7-10,15H2. The Balaban J connectivity index is 2.01. The van der Waals surface area contributed by atoms with Gasteiger partial charge in [-0.25, -0.2) is 0 Å². The van der Waals surface area contributed by atoms with Crippen LogP contribution < -0.4 is 10.6 Å². The van der Waals surface area contributed by atoms with Gasteiger partial charge in [0.1, 0.15) is 0 Å². The highest BCUT2D eigenvalue weighted by molar-refractivity contribution is 5.82. The van der Waals surface area contributed by atoms with E-state index in [0.29, 0.717) is 0 Å². The SMILES string of the molecule is NC1(c2ccccc2N2C=NCC2)CCCC1. The first kappa shape index (κ1) is 10.8. The minimum atomic E-state index is -0.118. The molecule has 0 spiro atoms. The highest BCUT2D eigenvalue weighted by Gasteiger charge is 2.34. The van der Waals surface area contributed by atoms with Crippen molar-refractivity contribution in [2.75, 3.05) is 18.0 Å². The van der Waals surface area contributed by atoms with Gasteiger partial charge < -0.3 is 10.6 Å². The van der Waals surface area contributed by atoms with Crippen molar-refractivity contribution in [3.8, 4) is 0 Å². The molecule has 90 valence electrons. The molecular weight excluding hydrogens is 210 g/mol. The number of hydrogen-bond acceptors (Lipinski definition) is 3. The number of para-hydroxylation sites is 1. The Labute approximate surface area is 102 Å². The molecule has 2 aliphatic rings. The van der Waals surface area contributed by atoms with Gasteiger partial charge >= 0.3 is 0 Å². The van der Waals surface area contributed by atoms with Crippen LogP contribution in [0.1, 0.15) is 31.2 Å². The molecule has 1 heterocycles. The van der Waals surface area contributed by atoms with E-state index in [-0.39, 0.29) is 5.54 Å². The lowest BCUT2D eigenvalue weighted by molar-refractivity contribution is 0.462. The molecule has 1 aromatic carbocycles. The molecule has 1 aromatic rings. The molecule has 0 unspecified atom stereocenters. The summed E-state index contributed by atoms with van der Waals surface area (Å²) in [4.78, 5) is 6.52. The van der Waals surface area contributed by atoms with Gasteiger partial charge in [0.2, 0.25) is 0 Å². The number of aliphatic imine (C=N–C) groups is 1. The van der Waals surface area contributed by atoms with E-state index < -0.39 is 0 Å². The largest absolute Gasteiger partial charge is 0.331 e. The van der Waals surface area contributed by atoms with Gasteiger partial charge in [-0.05, 0) is 24.5 Å². The first-order chi connectivity index (χ1) is 8.30. The average Bonchev–Trinajstić information content (AvgIpc) is 3.00. The Kier molecular flexibility index (Phi) is 2.63. The van der Waals surface area contributed by atoms with E-state index in [1.165, 1.54) is 24.1 Å². The Bertz CT molecular complexity index is 433. The predicted octanol–water partition coefficient (Wildman–Crippen LogP) is 2.26. The summed E-state index contributed by atoms with van der Waals surface area (Å²) in [7, 11) is 0. The molecule has 0 radical (unpaired) electrons. The van der Waals surface area contributed by atoms with Crippen molar-refractivity contribution in [3.05, 3.63) is 29.8 Å². The summed E-state index contributed by atoms with van der Waals surface area (Å²) in [5.41, 5.74) is 9.00. The quantitative estimate of drug-likeness (QED) is 0.845. The minimum absolute atomic E-state index is 0.118. The van der Waals surface area contributed by atoms with Crippen LogP contribution in [0.25, 0.3) is 0 Å². The highest BCUT2D eigenvalue weighted by atomic mass is 15.2. The third kappa shape index (κ3) is 1.84. The van der Waals surface area contributed by atoms with Gasteiger partial charge in [0.15, 0.2) is 0 Å². The smallest absolute Gasteiger partial charge is 0.0895 e. The fourth-order valence-electron chi connectivity index (χ4n) is 2.98.